The quantitative estimate of drug-likeness (QED) is 0.225. The van der Waals surface area contributed by atoms with Gasteiger partial charge in [-0.05, 0) is 66.0 Å². The fraction of sp³-hybridized carbons (Fsp3) is 0.0645. The predicted octanol–water partition coefficient (Wildman–Crippen LogP) is 7.46. The lowest BCUT2D eigenvalue weighted by molar-refractivity contribution is 0.355. The van der Waals surface area contributed by atoms with Crippen molar-refractivity contribution in [1.29, 1.82) is 0 Å². The molecule has 0 saturated carbocycles. The molecule has 6 aromatic rings. The molecule has 0 aliphatic carbocycles. The number of anilines is 3. The Morgan fingerprint density at radius 3 is 2.00 bits per heavy atom. The Bertz CT molecular complexity index is 1690. The second-order valence-corrected chi connectivity index (χ2v) is 8.51. The molecule has 0 aliphatic rings. The summed E-state index contributed by atoms with van der Waals surface area (Å²) in [5.74, 6) is 4.19. The Balaban J connectivity index is 1.42. The van der Waals surface area contributed by atoms with Crippen LogP contribution >= 0.6 is 0 Å². The summed E-state index contributed by atoms with van der Waals surface area (Å²) in [7, 11) is 3.22. The van der Waals surface area contributed by atoms with Crippen LogP contribution in [0.15, 0.2) is 110 Å². The molecule has 0 saturated heterocycles. The third-order valence-electron chi connectivity index (χ3n) is 6.26. The zero-order chi connectivity index (χ0) is 25.9. The van der Waals surface area contributed by atoms with Gasteiger partial charge in [-0.3, -0.25) is 9.88 Å². The number of benzene rings is 3. The van der Waals surface area contributed by atoms with E-state index in [4.69, 9.17) is 14.2 Å². The maximum atomic E-state index is 6.37. The van der Waals surface area contributed by atoms with Crippen LogP contribution in [0.4, 0.5) is 17.3 Å². The highest BCUT2D eigenvalue weighted by Crippen LogP contribution is 2.40. The van der Waals surface area contributed by atoms with Crippen LogP contribution in [0.2, 0.25) is 0 Å². The largest absolute Gasteiger partial charge is 0.493 e. The van der Waals surface area contributed by atoms with Crippen LogP contribution in [0.1, 0.15) is 0 Å². The van der Waals surface area contributed by atoms with Gasteiger partial charge in [0, 0.05) is 35.4 Å². The van der Waals surface area contributed by atoms with Gasteiger partial charge in [0.2, 0.25) is 0 Å². The summed E-state index contributed by atoms with van der Waals surface area (Å²) < 4.78 is 17.3. The lowest BCUT2D eigenvalue weighted by Gasteiger charge is -2.24. The van der Waals surface area contributed by atoms with E-state index in [2.05, 4.69) is 38.1 Å². The minimum absolute atomic E-state index is 0.616. The summed E-state index contributed by atoms with van der Waals surface area (Å²) in [4.78, 5) is 15.7. The van der Waals surface area contributed by atoms with Gasteiger partial charge in [-0.15, -0.1) is 0 Å². The highest BCUT2D eigenvalue weighted by Gasteiger charge is 2.17. The smallest absolute Gasteiger partial charge is 0.162 e. The molecular formula is C31H24N4O3. The molecule has 0 aliphatic heterocycles. The Kier molecular flexibility index (Phi) is 6.16. The fourth-order valence-electron chi connectivity index (χ4n) is 4.50. The van der Waals surface area contributed by atoms with Gasteiger partial charge < -0.3 is 14.2 Å². The summed E-state index contributed by atoms with van der Waals surface area (Å²) in [6.07, 6.45) is 5.29. The van der Waals surface area contributed by atoms with Gasteiger partial charge in [-0.1, -0.05) is 24.3 Å². The van der Waals surface area contributed by atoms with Gasteiger partial charge in [0.25, 0.3) is 0 Å². The number of fused-ring (bicyclic) bond motifs is 2. The number of rotatable bonds is 7. The Morgan fingerprint density at radius 1 is 0.579 bits per heavy atom. The zero-order valence-corrected chi connectivity index (χ0v) is 20.9. The summed E-state index contributed by atoms with van der Waals surface area (Å²) in [6, 6.07) is 29.5. The number of methoxy groups -OCH3 is 2. The molecular weight excluding hydrogens is 476 g/mol. The topological polar surface area (TPSA) is 69.6 Å². The molecule has 0 radical (unpaired) electrons. The average Bonchev–Trinajstić information content (AvgIpc) is 2.98. The van der Waals surface area contributed by atoms with E-state index in [9.17, 15) is 0 Å². The zero-order valence-electron chi connectivity index (χ0n) is 20.9. The fourth-order valence-corrected chi connectivity index (χ4v) is 4.50. The monoisotopic (exact) mass is 500 g/mol. The predicted molar refractivity (Wildman–Crippen MR) is 149 cm³/mol. The molecule has 0 atom stereocenters. The second kappa shape index (κ2) is 10.1. The summed E-state index contributed by atoms with van der Waals surface area (Å²) >= 11 is 0. The highest BCUT2D eigenvalue weighted by molar-refractivity contribution is 5.99. The molecule has 3 aromatic carbocycles. The number of nitrogens with zero attached hydrogens (tertiary/aromatic N) is 4. The normalized spacial score (nSPS) is 10.9. The van der Waals surface area contributed by atoms with Crippen molar-refractivity contribution < 1.29 is 14.2 Å². The van der Waals surface area contributed by atoms with Crippen molar-refractivity contribution in [3.8, 4) is 23.0 Å². The van der Waals surface area contributed by atoms with Crippen molar-refractivity contribution in [2.24, 2.45) is 0 Å². The van der Waals surface area contributed by atoms with E-state index in [-0.39, 0.29) is 0 Å². The molecule has 3 aromatic heterocycles. The third kappa shape index (κ3) is 4.30. The van der Waals surface area contributed by atoms with Crippen LogP contribution < -0.4 is 19.1 Å². The van der Waals surface area contributed by atoms with Crippen molar-refractivity contribution in [1.82, 2.24) is 15.0 Å². The van der Waals surface area contributed by atoms with Crippen molar-refractivity contribution in [3.63, 3.8) is 0 Å². The van der Waals surface area contributed by atoms with Crippen molar-refractivity contribution >= 4 is 39.0 Å². The second-order valence-electron chi connectivity index (χ2n) is 8.51. The van der Waals surface area contributed by atoms with Gasteiger partial charge in [0.05, 0.1) is 25.4 Å². The first kappa shape index (κ1) is 23.2. The standard InChI is InChI=1S/C31H24N4O3/c1-36-28-19-24-25(20-29(28)37-2)32-17-14-27(24)38-22-12-13-23-21(18-22)8-7-9-26(23)35(30-10-3-5-15-33-30)31-11-4-6-16-34-31/h3-20H,1-2H3. The van der Waals surface area contributed by atoms with Crippen LogP contribution in [0.25, 0.3) is 21.7 Å². The maximum Gasteiger partial charge on any atom is 0.162 e. The van der Waals surface area contributed by atoms with E-state index in [1.54, 1.807) is 32.8 Å². The highest BCUT2D eigenvalue weighted by atomic mass is 16.5. The summed E-state index contributed by atoms with van der Waals surface area (Å²) in [5, 5.41) is 2.90. The van der Waals surface area contributed by atoms with Crippen LogP contribution in [0.5, 0.6) is 23.0 Å². The summed E-state index contributed by atoms with van der Waals surface area (Å²) in [6.45, 7) is 0. The van der Waals surface area contributed by atoms with Crippen LogP contribution in [-0.2, 0) is 0 Å². The molecule has 0 unspecified atom stereocenters. The molecule has 3 heterocycles. The van der Waals surface area contributed by atoms with Crippen molar-refractivity contribution in [2.45, 2.75) is 0 Å². The SMILES string of the molecule is COc1cc2nccc(Oc3ccc4c(N(c5ccccn5)c5ccccn5)cccc4c3)c2cc1OC. The average molecular weight is 501 g/mol. The Hall–Kier alpha value is -5.17. The first-order valence-corrected chi connectivity index (χ1v) is 12.1. The lowest BCUT2D eigenvalue weighted by atomic mass is 10.1. The summed E-state index contributed by atoms with van der Waals surface area (Å²) in [5.41, 5.74) is 1.72. The van der Waals surface area contributed by atoms with E-state index in [0.717, 1.165) is 39.0 Å². The maximum absolute atomic E-state index is 6.37. The van der Waals surface area contributed by atoms with E-state index >= 15 is 0 Å². The van der Waals surface area contributed by atoms with Gasteiger partial charge >= 0.3 is 0 Å². The molecule has 0 spiro atoms. The number of ether oxygens (including phenoxy) is 3. The van der Waals surface area contributed by atoms with Crippen LogP contribution in [-0.4, -0.2) is 29.2 Å². The minimum Gasteiger partial charge on any atom is -0.493 e. The number of hydrogen-bond acceptors (Lipinski definition) is 7. The van der Waals surface area contributed by atoms with Gasteiger partial charge in [0.15, 0.2) is 11.5 Å². The lowest BCUT2D eigenvalue weighted by Crippen LogP contribution is -2.13. The molecule has 0 bridgehead atoms. The molecule has 6 rings (SSSR count). The first-order valence-electron chi connectivity index (χ1n) is 12.1. The van der Waals surface area contributed by atoms with E-state index in [0.29, 0.717) is 23.0 Å². The molecule has 7 nitrogen and oxygen atoms in total. The van der Waals surface area contributed by atoms with E-state index in [1.807, 2.05) is 72.8 Å². The number of pyridine rings is 3. The van der Waals surface area contributed by atoms with Gasteiger partial charge in [-0.25, -0.2) is 9.97 Å². The van der Waals surface area contributed by atoms with E-state index < -0.39 is 0 Å². The van der Waals surface area contributed by atoms with Crippen molar-refractivity contribution in [2.75, 3.05) is 19.1 Å². The molecule has 0 amide bonds. The Labute approximate surface area is 219 Å². The van der Waals surface area contributed by atoms with Gasteiger partial charge in [0.1, 0.15) is 23.1 Å². The van der Waals surface area contributed by atoms with Gasteiger partial charge in [-0.2, -0.15) is 0 Å². The number of hydrogen-bond donors (Lipinski definition) is 0. The molecule has 7 heteroatoms. The number of aromatic nitrogens is 3. The van der Waals surface area contributed by atoms with Crippen LogP contribution in [0, 0.1) is 0 Å². The van der Waals surface area contributed by atoms with E-state index in [1.165, 1.54) is 0 Å². The Morgan fingerprint density at radius 2 is 1.32 bits per heavy atom. The molecule has 0 N–H and O–H groups in total. The first-order chi connectivity index (χ1) is 18.7. The van der Waals surface area contributed by atoms with Crippen LogP contribution in [0.3, 0.4) is 0 Å². The minimum atomic E-state index is 0.616. The van der Waals surface area contributed by atoms with Crippen molar-refractivity contribution in [3.05, 3.63) is 110 Å². The molecule has 186 valence electrons. The molecule has 38 heavy (non-hydrogen) atoms. The molecule has 0 fully saturated rings. The third-order valence-corrected chi connectivity index (χ3v) is 6.26.